The highest BCUT2D eigenvalue weighted by molar-refractivity contribution is 9.10. The van der Waals surface area contributed by atoms with Crippen molar-refractivity contribution in [3.8, 4) is 5.75 Å². The summed E-state index contributed by atoms with van der Waals surface area (Å²) in [5.74, 6) is 1.40. The summed E-state index contributed by atoms with van der Waals surface area (Å²) in [6.07, 6.45) is 4.21. The average Bonchev–Trinajstić information content (AvgIpc) is 2.80. The molecule has 3 aromatic carbocycles. The lowest BCUT2D eigenvalue weighted by Gasteiger charge is -2.16. The minimum atomic E-state index is -0.180. The number of aryl methyl sites for hydroxylation is 1. The molecule has 4 rings (SSSR count). The van der Waals surface area contributed by atoms with Gasteiger partial charge in [0.2, 0.25) is 0 Å². The molecule has 1 aromatic heterocycles. The van der Waals surface area contributed by atoms with Gasteiger partial charge in [-0.1, -0.05) is 60.1 Å². The number of fused-ring (bicyclic) bond motifs is 2. The van der Waals surface area contributed by atoms with E-state index in [4.69, 9.17) is 9.72 Å². The van der Waals surface area contributed by atoms with E-state index in [1.165, 1.54) is 4.68 Å². The van der Waals surface area contributed by atoms with Crippen molar-refractivity contribution in [2.45, 2.75) is 46.1 Å². The van der Waals surface area contributed by atoms with Gasteiger partial charge >= 0.3 is 0 Å². The van der Waals surface area contributed by atoms with E-state index in [2.05, 4.69) is 40.9 Å². The van der Waals surface area contributed by atoms with Gasteiger partial charge in [0.25, 0.3) is 5.56 Å². The molecule has 1 heterocycles. The van der Waals surface area contributed by atoms with E-state index in [1.54, 1.807) is 12.3 Å². The van der Waals surface area contributed by atoms with Gasteiger partial charge < -0.3 is 4.74 Å². The van der Waals surface area contributed by atoms with Crippen molar-refractivity contribution in [3.63, 3.8) is 0 Å². The van der Waals surface area contributed by atoms with Gasteiger partial charge in [0.15, 0.2) is 0 Å². The van der Waals surface area contributed by atoms with Crippen LogP contribution in [-0.2, 0) is 6.42 Å². The van der Waals surface area contributed by atoms with Crippen molar-refractivity contribution in [1.82, 2.24) is 9.66 Å². The molecule has 0 amide bonds. The average molecular weight is 492 g/mol. The molecule has 0 aliphatic heterocycles. The van der Waals surface area contributed by atoms with Gasteiger partial charge in [0.05, 0.1) is 23.2 Å². The molecular weight excluding hydrogens is 466 g/mol. The molecule has 0 N–H and O–H groups in total. The van der Waals surface area contributed by atoms with Gasteiger partial charge in [-0.3, -0.25) is 4.79 Å². The maximum Gasteiger partial charge on any atom is 0.282 e. The molecule has 0 unspecified atom stereocenters. The molecule has 0 aliphatic rings. The summed E-state index contributed by atoms with van der Waals surface area (Å²) in [7, 11) is 0. The molecule has 0 saturated carbocycles. The number of ether oxygens (including phenoxy) is 1. The van der Waals surface area contributed by atoms with Crippen molar-refractivity contribution in [2.75, 3.05) is 0 Å². The maximum absolute atomic E-state index is 13.3. The largest absolute Gasteiger partial charge is 0.490 e. The first-order valence-corrected chi connectivity index (χ1v) is 11.7. The van der Waals surface area contributed by atoms with E-state index < -0.39 is 0 Å². The first kappa shape index (κ1) is 22.2. The van der Waals surface area contributed by atoms with Crippen LogP contribution in [0.3, 0.4) is 0 Å². The molecule has 0 radical (unpaired) electrons. The number of hydrogen-bond donors (Lipinski definition) is 0. The molecule has 1 atom stereocenters. The van der Waals surface area contributed by atoms with Crippen molar-refractivity contribution in [2.24, 2.45) is 5.10 Å². The monoisotopic (exact) mass is 491 g/mol. The van der Waals surface area contributed by atoms with Crippen LogP contribution < -0.4 is 10.3 Å². The topological polar surface area (TPSA) is 56.5 Å². The van der Waals surface area contributed by atoms with E-state index in [-0.39, 0.29) is 11.7 Å². The standard InChI is InChI=1S/C26H26BrN3O2/c1-4-8-25-29-23-13-12-19(27)15-21(23)26(31)30(25)28-16-22-20-10-7-6-9-18(20)11-14-24(22)32-17(3)5-2/h6-7,9-17H,4-5,8H2,1-3H3/t17-/m0/s1. The van der Waals surface area contributed by atoms with Crippen molar-refractivity contribution in [1.29, 1.82) is 0 Å². The highest BCUT2D eigenvalue weighted by atomic mass is 79.9. The summed E-state index contributed by atoms with van der Waals surface area (Å²) in [4.78, 5) is 18.0. The van der Waals surface area contributed by atoms with Crippen LogP contribution in [0, 0.1) is 0 Å². The molecular formula is C26H26BrN3O2. The molecule has 0 saturated heterocycles. The molecule has 0 aliphatic carbocycles. The smallest absolute Gasteiger partial charge is 0.282 e. The van der Waals surface area contributed by atoms with E-state index >= 15 is 0 Å². The highest BCUT2D eigenvalue weighted by Gasteiger charge is 2.13. The maximum atomic E-state index is 13.3. The van der Waals surface area contributed by atoms with Crippen LogP contribution in [-0.4, -0.2) is 22.0 Å². The molecule has 0 spiro atoms. The summed E-state index contributed by atoms with van der Waals surface area (Å²) in [5, 5.41) is 7.29. The van der Waals surface area contributed by atoms with Crippen LogP contribution in [0.15, 0.2) is 69.0 Å². The number of rotatable bonds is 7. The van der Waals surface area contributed by atoms with Crippen LogP contribution in [0.1, 0.15) is 45.0 Å². The minimum Gasteiger partial charge on any atom is -0.490 e. The first-order valence-electron chi connectivity index (χ1n) is 11.0. The fourth-order valence-corrected chi connectivity index (χ4v) is 3.99. The zero-order chi connectivity index (χ0) is 22.7. The Hall–Kier alpha value is -2.99. The van der Waals surface area contributed by atoms with Gasteiger partial charge in [-0.25, -0.2) is 4.98 Å². The fourth-order valence-electron chi connectivity index (χ4n) is 3.63. The van der Waals surface area contributed by atoms with E-state index in [9.17, 15) is 4.79 Å². The van der Waals surface area contributed by atoms with Crippen LogP contribution in [0.25, 0.3) is 21.7 Å². The molecule has 164 valence electrons. The predicted octanol–water partition coefficient (Wildman–Crippen LogP) is 6.32. The Morgan fingerprint density at radius 3 is 2.72 bits per heavy atom. The van der Waals surface area contributed by atoms with Crippen LogP contribution in [0.5, 0.6) is 5.75 Å². The van der Waals surface area contributed by atoms with E-state index in [1.807, 2.05) is 49.4 Å². The predicted molar refractivity (Wildman–Crippen MR) is 135 cm³/mol. The molecule has 0 bridgehead atoms. The van der Waals surface area contributed by atoms with Crippen molar-refractivity contribution in [3.05, 3.63) is 80.8 Å². The second-order valence-corrected chi connectivity index (χ2v) is 8.75. The number of hydrogen-bond acceptors (Lipinski definition) is 4. The van der Waals surface area contributed by atoms with Gasteiger partial charge in [-0.2, -0.15) is 9.78 Å². The Bertz CT molecular complexity index is 1360. The Kier molecular flexibility index (Phi) is 6.70. The third-order valence-corrected chi connectivity index (χ3v) is 5.98. The zero-order valence-electron chi connectivity index (χ0n) is 18.5. The van der Waals surface area contributed by atoms with Crippen LogP contribution >= 0.6 is 15.9 Å². The van der Waals surface area contributed by atoms with E-state index in [0.29, 0.717) is 23.1 Å². The Labute approximate surface area is 195 Å². The van der Waals surface area contributed by atoms with Gasteiger partial charge in [0.1, 0.15) is 11.6 Å². The highest BCUT2D eigenvalue weighted by Crippen LogP contribution is 2.28. The number of aromatic nitrogens is 2. The third kappa shape index (κ3) is 4.46. The third-order valence-electron chi connectivity index (χ3n) is 5.49. The number of nitrogens with zero attached hydrogens (tertiary/aromatic N) is 3. The molecule has 0 fully saturated rings. The minimum absolute atomic E-state index is 0.0707. The summed E-state index contributed by atoms with van der Waals surface area (Å²) >= 11 is 3.45. The summed E-state index contributed by atoms with van der Waals surface area (Å²) < 4.78 is 8.44. The summed E-state index contributed by atoms with van der Waals surface area (Å²) in [6, 6.07) is 17.7. The Balaban J connectivity index is 1.90. The van der Waals surface area contributed by atoms with Crippen LogP contribution in [0.2, 0.25) is 0 Å². The number of halogens is 1. The molecule has 6 heteroatoms. The lowest BCUT2D eigenvalue weighted by molar-refractivity contribution is 0.217. The van der Waals surface area contributed by atoms with Gasteiger partial charge in [-0.15, -0.1) is 0 Å². The van der Waals surface area contributed by atoms with Gasteiger partial charge in [-0.05, 0) is 54.8 Å². The second kappa shape index (κ2) is 9.65. The second-order valence-electron chi connectivity index (χ2n) is 7.84. The molecule has 5 nitrogen and oxygen atoms in total. The Morgan fingerprint density at radius 1 is 1.12 bits per heavy atom. The van der Waals surface area contributed by atoms with Crippen molar-refractivity contribution < 1.29 is 4.74 Å². The Morgan fingerprint density at radius 2 is 1.94 bits per heavy atom. The summed E-state index contributed by atoms with van der Waals surface area (Å²) in [6.45, 7) is 6.20. The SMILES string of the molecule is CCCc1nc2ccc(Br)cc2c(=O)n1N=Cc1c(O[C@@H](C)CC)ccc2ccccc12. The fraction of sp³-hybridized carbons (Fsp3) is 0.269. The van der Waals surface area contributed by atoms with E-state index in [0.717, 1.165) is 39.4 Å². The lowest BCUT2D eigenvalue weighted by atomic mass is 10.0. The first-order chi connectivity index (χ1) is 15.5. The van der Waals surface area contributed by atoms with Gasteiger partial charge in [0, 0.05) is 16.5 Å². The molecule has 4 aromatic rings. The number of benzene rings is 3. The zero-order valence-corrected chi connectivity index (χ0v) is 20.1. The van der Waals surface area contributed by atoms with Crippen molar-refractivity contribution >= 4 is 43.8 Å². The van der Waals surface area contributed by atoms with Crippen LogP contribution in [0.4, 0.5) is 0 Å². The lowest BCUT2D eigenvalue weighted by Crippen LogP contribution is -2.22. The quantitative estimate of drug-likeness (QED) is 0.284. The summed E-state index contributed by atoms with van der Waals surface area (Å²) in [5.41, 5.74) is 1.35. The molecule has 32 heavy (non-hydrogen) atoms. The normalized spacial score (nSPS) is 12.6.